The monoisotopic (exact) mass is 257 g/mol. The molecule has 1 atom stereocenters. The number of benzene rings is 1. The van der Waals surface area contributed by atoms with Gasteiger partial charge < -0.3 is 10.5 Å². The molecule has 0 saturated heterocycles. The number of rotatable bonds is 5. The summed E-state index contributed by atoms with van der Waals surface area (Å²) in [4.78, 5) is 11.9. The Bertz CT molecular complexity index is 423. The molecule has 0 spiro atoms. The van der Waals surface area contributed by atoms with Gasteiger partial charge in [-0.3, -0.25) is 4.79 Å². The minimum absolute atomic E-state index is 0.213. The fourth-order valence-electron chi connectivity index (χ4n) is 2.15. The van der Waals surface area contributed by atoms with Gasteiger partial charge in [-0.25, -0.2) is 8.78 Å². The van der Waals surface area contributed by atoms with Gasteiger partial charge in [0.15, 0.2) is 0 Å². The van der Waals surface area contributed by atoms with Crippen molar-refractivity contribution in [2.75, 3.05) is 13.7 Å². The number of nitrogens with two attached hydrogens (primary N) is 1. The molecule has 0 aliphatic heterocycles. The number of ether oxygens (including phenoxy) is 1. The van der Waals surface area contributed by atoms with Crippen molar-refractivity contribution in [1.29, 1.82) is 0 Å². The van der Waals surface area contributed by atoms with Gasteiger partial charge in [-0.2, -0.15) is 0 Å². The van der Waals surface area contributed by atoms with Crippen LogP contribution in [0.25, 0.3) is 0 Å². The molecule has 0 aromatic heterocycles. The summed E-state index contributed by atoms with van der Waals surface area (Å²) in [5.74, 6) is -0.723. The number of alkyl halides is 2. The first-order chi connectivity index (χ1) is 8.47. The standard InChI is InChI=1S/C13H17F2NO2/c1-9-5-3-4-6-10(9)13(8-16,7-11(14)15)12(17)18-2/h3-6,11H,7-8,16H2,1-2H3. The van der Waals surface area contributed by atoms with E-state index in [2.05, 4.69) is 4.74 Å². The Morgan fingerprint density at radius 1 is 1.44 bits per heavy atom. The van der Waals surface area contributed by atoms with E-state index in [-0.39, 0.29) is 6.54 Å². The molecule has 0 fully saturated rings. The number of carbonyl (C=O) groups excluding carboxylic acids is 1. The van der Waals surface area contributed by atoms with E-state index in [1.165, 1.54) is 7.11 Å². The smallest absolute Gasteiger partial charge is 0.317 e. The highest BCUT2D eigenvalue weighted by Crippen LogP contribution is 2.33. The second-order valence-corrected chi connectivity index (χ2v) is 4.19. The maximum Gasteiger partial charge on any atom is 0.317 e. The van der Waals surface area contributed by atoms with Crippen molar-refractivity contribution in [3.63, 3.8) is 0 Å². The van der Waals surface area contributed by atoms with Gasteiger partial charge in [0.25, 0.3) is 0 Å². The predicted octanol–water partition coefficient (Wildman–Crippen LogP) is 2.02. The molecule has 1 aromatic carbocycles. The zero-order chi connectivity index (χ0) is 13.8. The van der Waals surface area contributed by atoms with E-state index >= 15 is 0 Å². The van der Waals surface area contributed by atoms with Gasteiger partial charge in [0, 0.05) is 13.0 Å². The molecule has 1 aromatic rings. The lowest BCUT2D eigenvalue weighted by Gasteiger charge is -2.31. The third-order valence-electron chi connectivity index (χ3n) is 3.09. The zero-order valence-electron chi connectivity index (χ0n) is 10.5. The highest BCUT2D eigenvalue weighted by molar-refractivity contribution is 5.84. The fraction of sp³-hybridized carbons (Fsp3) is 0.462. The van der Waals surface area contributed by atoms with Crippen LogP contribution >= 0.6 is 0 Å². The van der Waals surface area contributed by atoms with Crippen LogP contribution in [-0.2, 0) is 14.9 Å². The quantitative estimate of drug-likeness (QED) is 0.821. The average molecular weight is 257 g/mol. The minimum Gasteiger partial charge on any atom is -0.468 e. The normalized spacial score (nSPS) is 14.3. The van der Waals surface area contributed by atoms with Crippen molar-refractivity contribution >= 4 is 5.97 Å². The molecule has 0 bridgehead atoms. The number of esters is 1. The molecule has 0 heterocycles. The van der Waals surface area contributed by atoms with E-state index in [1.807, 2.05) is 0 Å². The van der Waals surface area contributed by atoms with Crippen LogP contribution in [0.4, 0.5) is 8.78 Å². The van der Waals surface area contributed by atoms with Crippen LogP contribution in [0.15, 0.2) is 24.3 Å². The molecule has 3 nitrogen and oxygen atoms in total. The summed E-state index contributed by atoms with van der Waals surface area (Å²) in [6, 6.07) is 6.87. The summed E-state index contributed by atoms with van der Waals surface area (Å²) in [6.07, 6.45) is -3.27. The second kappa shape index (κ2) is 5.91. The van der Waals surface area contributed by atoms with E-state index in [0.29, 0.717) is 5.56 Å². The Labute approximate surface area is 105 Å². The second-order valence-electron chi connectivity index (χ2n) is 4.19. The molecule has 100 valence electrons. The Morgan fingerprint density at radius 2 is 2.06 bits per heavy atom. The first kappa shape index (κ1) is 14.6. The lowest BCUT2D eigenvalue weighted by Crippen LogP contribution is -2.45. The van der Waals surface area contributed by atoms with Crippen molar-refractivity contribution in [2.45, 2.75) is 25.2 Å². The Balaban J connectivity index is 3.35. The molecule has 2 N–H and O–H groups in total. The average Bonchev–Trinajstić information content (AvgIpc) is 2.35. The predicted molar refractivity (Wildman–Crippen MR) is 64.5 cm³/mol. The maximum atomic E-state index is 12.8. The van der Waals surface area contributed by atoms with Crippen LogP contribution in [-0.4, -0.2) is 26.0 Å². The van der Waals surface area contributed by atoms with E-state index in [9.17, 15) is 13.6 Å². The fourth-order valence-corrected chi connectivity index (χ4v) is 2.15. The van der Waals surface area contributed by atoms with Gasteiger partial charge in [-0.1, -0.05) is 24.3 Å². The topological polar surface area (TPSA) is 52.3 Å². The first-order valence-corrected chi connectivity index (χ1v) is 5.60. The number of carbonyl (C=O) groups is 1. The molecular formula is C13H17F2NO2. The van der Waals surface area contributed by atoms with E-state index in [1.54, 1.807) is 31.2 Å². The Hall–Kier alpha value is -1.49. The van der Waals surface area contributed by atoms with Crippen molar-refractivity contribution in [2.24, 2.45) is 5.73 Å². The molecular weight excluding hydrogens is 240 g/mol. The SMILES string of the molecule is COC(=O)C(CN)(CC(F)F)c1ccccc1C. The first-order valence-electron chi connectivity index (χ1n) is 5.60. The highest BCUT2D eigenvalue weighted by Gasteiger charge is 2.43. The van der Waals surface area contributed by atoms with E-state index in [4.69, 9.17) is 5.73 Å². The molecule has 5 heteroatoms. The molecule has 0 amide bonds. The zero-order valence-corrected chi connectivity index (χ0v) is 10.5. The minimum atomic E-state index is -2.63. The summed E-state index contributed by atoms with van der Waals surface area (Å²) in [5.41, 5.74) is 5.37. The van der Waals surface area contributed by atoms with Crippen LogP contribution < -0.4 is 5.73 Å². The van der Waals surface area contributed by atoms with Crippen LogP contribution in [0.3, 0.4) is 0 Å². The number of halogens is 2. The van der Waals surface area contributed by atoms with Crippen LogP contribution in [0.5, 0.6) is 0 Å². The number of hydrogen-bond acceptors (Lipinski definition) is 3. The molecule has 18 heavy (non-hydrogen) atoms. The number of aryl methyl sites for hydroxylation is 1. The third-order valence-corrected chi connectivity index (χ3v) is 3.09. The third kappa shape index (κ3) is 2.67. The Morgan fingerprint density at radius 3 is 2.50 bits per heavy atom. The van der Waals surface area contributed by atoms with Gasteiger partial charge in [0.1, 0.15) is 5.41 Å². The van der Waals surface area contributed by atoms with Crippen LogP contribution in [0.1, 0.15) is 17.5 Å². The summed E-state index contributed by atoms with van der Waals surface area (Å²) in [6.45, 7) is 1.54. The van der Waals surface area contributed by atoms with Gasteiger partial charge in [-0.05, 0) is 18.1 Å². The number of hydrogen-bond donors (Lipinski definition) is 1. The molecule has 1 unspecified atom stereocenters. The molecule has 0 saturated carbocycles. The van der Waals surface area contributed by atoms with Crippen molar-refractivity contribution < 1.29 is 18.3 Å². The van der Waals surface area contributed by atoms with Crippen LogP contribution in [0, 0.1) is 6.92 Å². The molecule has 1 rings (SSSR count). The van der Waals surface area contributed by atoms with E-state index < -0.39 is 24.2 Å². The van der Waals surface area contributed by atoms with Gasteiger partial charge in [-0.15, -0.1) is 0 Å². The van der Waals surface area contributed by atoms with Gasteiger partial charge >= 0.3 is 5.97 Å². The molecule has 0 radical (unpaired) electrons. The Kier molecular flexibility index (Phi) is 4.78. The van der Waals surface area contributed by atoms with Gasteiger partial charge in [0.2, 0.25) is 6.43 Å². The lowest BCUT2D eigenvalue weighted by atomic mass is 9.75. The molecule has 0 aliphatic rings. The maximum absolute atomic E-state index is 12.8. The molecule has 0 aliphatic carbocycles. The summed E-state index contributed by atoms with van der Waals surface area (Å²) < 4.78 is 30.2. The van der Waals surface area contributed by atoms with Gasteiger partial charge in [0.05, 0.1) is 7.11 Å². The lowest BCUT2D eigenvalue weighted by molar-refractivity contribution is -0.149. The van der Waals surface area contributed by atoms with Crippen molar-refractivity contribution in [3.05, 3.63) is 35.4 Å². The summed E-state index contributed by atoms with van der Waals surface area (Å²) >= 11 is 0. The highest BCUT2D eigenvalue weighted by atomic mass is 19.3. The van der Waals surface area contributed by atoms with Crippen molar-refractivity contribution in [1.82, 2.24) is 0 Å². The van der Waals surface area contributed by atoms with Crippen LogP contribution in [0.2, 0.25) is 0 Å². The number of methoxy groups -OCH3 is 1. The summed E-state index contributed by atoms with van der Waals surface area (Å²) in [7, 11) is 1.18. The van der Waals surface area contributed by atoms with Crippen molar-refractivity contribution in [3.8, 4) is 0 Å². The summed E-state index contributed by atoms with van der Waals surface area (Å²) in [5, 5.41) is 0. The van der Waals surface area contributed by atoms with E-state index in [0.717, 1.165) is 5.56 Å². The largest absolute Gasteiger partial charge is 0.468 e.